The number of nitrogens with zero attached hydrogens (tertiary/aromatic N) is 1. The van der Waals surface area contributed by atoms with E-state index >= 15 is 0 Å². The third kappa shape index (κ3) is 1.23. The summed E-state index contributed by atoms with van der Waals surface area (Å²) in [4.78, 5) is 30.3. The SMILES string of the molecule is O=c1[nH]c(=O)c2ccnc(Cl)c2[nH]1. The van der Waals surface area contributed by atoms with Crippen molar-refractivity contribution in [1.29, 1.82) is 0 Å². The predicted octanol–water partition coefficient (Wildman–Crippen LogP) is 0.265. The fourth-order valence-electron chi connectivity index (χ4n) is 1.06. The molecule has 2 rings (SSSR count). The van der Waals surface area contributed by atoms with Gasteiger partial charge in [0.1, 0.15) is 0 Å². The van der Waals surface area contributed by atoms with E-state index < -0.39 is 11.2 Å². The van der Waals surface area contributed by atoms with Gasteiger partial charge in [-0.3, -0.25) is 9.78 Å². The van der Waals surface area contributed by atoms with E-state index in [9.17, 15) is 9.59 Å². The van der Waals surface area contributed by atoms with Crippen LogP contribution in [0.15, 0.2) is 21.9 Å². The Kier molecular flexibility index (Phi) is 1.66. The molecule has 0 aliphatic heterocycles. The van der Waals surface area contributed by atoms with Gasteiger partial charge >= 0.3 is 5.69 Å². The van der Waals surface area contributed by atoms with Gasteiger partial charge in [-0.05, 0) is 6.07 Å². The average molecular weight is 198 g/mol. The molecule has 0 unspecified atom stereocenters. The van der Waals surface area contributed by atoms with E-state index in [0.717, 1.165) is 0 Å². The Bertz CT molecular complexity index is 572. The van der Waals surface area contributed by atoms with Gasteiger partial charge in [0.15, 0.2) is 5.15 Å². The second-order valence-electron chi connectivity index (χ2n) is 2.43. The molecule has 0 radical (unpaired) electrons. The van der Waals surface area contributed by atoms with E-state index in [4.69, 9.17) is 11.6 Å². The van der Waals surface area contributed by atoms with Crippen LogP contribution in [0, 0.1) is 0 Å². The summed E-state index contributed by atoms with van der Waals surface area (Å²) in [5.41, 5.74) is -0.798. The maximum atomic E-state index is 11.2. The Labute approximate surface area is 76.4 Å². The molecule has 0 bridgehead atoms. The molecule has 0 saturated carbocycles. The van der Waals surface area contributed by atoms with Crippen LogP contribution in [0.5, 0.6) is 0 Å². The summed E-state index contributed by atoms with van der Waals surface area (Å²) in [6.45, 7) is 0. The molecule has 0 spiro atoms. The lowest BCUT2D eigenvalue weighted by atomic mass is 10.3. The summed E-state index contributed by atoms with van der Waals surface area (Å²) in [6, 6.07) is 1.48. The molecule has 0 aliphatic carbocycles. The lowest BCUT2D eigenvalue weighted by Crippen LogP contribution is -2.22. The highest BCUT2D eigenvalue weighted by molar-refractivity contribution is 6.33. The molecule has 66 valence electrons. The first-order chi connectivity index (χ1) is 6.18. The quantitative estimate of drug-likeness (QED) is 0.595. The van der Waals surface area contributed by atoms with Crippen molar-refractivity contribution in [3.05, 3.63) is 38.3 Å². The van der Waals surface area contributed by atoms with Crippen molar-refractivity contribution >= 4 is 22.5 Å². The molecular weight excluding hydrogens is 194 g/mol. The van der Waals surface area contributed by atoms with Crippen molar-refractivity contribution in [2.45, 2.75) is 0 Å². The maximum absolute atomic E-state index is 11.2. The number of aromatic amines is 2. The standard InChI is InChI=1S/C7H4ClN3O2/c8-5-4-3(1-2-9-5)6(12)11-7(13)10-4/h1-2H,(H2,10,11,12,13). The zero-order chi connectivity index (χ0) is 9.42. The lowest BCUT2D eigenvalue weighted by molar-refractivity contribution is 1.07. The number of H-pyrrole nitrogens is 2. The van der Waals surface area contributed by atoms with Crippen molar-refractivity contribution in [2.75, 3.05) is 0 Å². The monoisotopic (exact) mass is 197 g/mol. The van der Waals surface area contributed by atoms with Crippen LogP contribution in [0.25, 0.3) is 10.9 Å². The Balaban J connectivity index is 3.12. The minimum atomic E-state index is -0.590. The van der Waals surface area contributed by atoms with Crippen LogP contribution in [0.3, 0.4) is 0 Å². The Morgan fingerprint density at radius 1 is 1.31 bits per heavy atom. The van der Waals surface area contributed by atoms with Crippen molar-refractivity contribution in [3.8, 4) is 0 Å². The Morgan fingerprint density at radius 2 is 2.08 bits per heavy atom. The molecule has 0 fully saturated rings. The third-order valence-corrected chi connectivity index (χ3v) is 1.90. The molecule has 2 N–H and O–H groups in total. The van der Waals surface area contributed by atoms with Crippen LogP contribution in [0.4, 0.5) is 0 Å². The highest BCUT2D eigenvalue weighted by atomic mass is 35.5. The molecule has 2 heterocycles. The van der Waals surface area contributed by atoms with E-state index in [1.54, 1.807) is 0 Å². The zero-order valence-corrected chi connectivity index (χ0v) is 7.05. The fraction of sp³-hybridized carbons (Fsp3) is 0. The van der Waals surface area contributed by atoms with E-state index in [1.807, 2.05) is 0 Å². The normalized spacial score (nSPS) is 10.5. The topological polar surface area (TPSA) is 78.6 Å². The number of hydrogen-bond donors (Lipinski definition) is 2. The molecule has 6 heteroatoms. The first-order valence-electron chi connectivity index (χ1n) is 3.45. The molecule has 0 atom stereocenters. The van der Waals surface area contributed by atoms with Gasteiger partial charge in [0.05, 0.1) is 10.9 Å². The van der Waals surface area contributed by atoms with Crippen LogP contribution >= 0.6 is 11.6 Å². The van der Waals surface area contributed by atoms with Gasteiger partial charge in [0, 0.05) is 6.20 Å². The largest absolute Gasteiger partial charge is 0.326 e. The smallest absolute Gasteiger partial charge is 0.304 e. The summed E-state index contributed by atoms with van der Waals surface area (Å²) >= 11 is 5.67. The summed E-state index contributed by atoms with van der Waals surface area (Å²) < 4.78 is 0. The molecular formula is C7H4ClN3O2. The first-order valence-corrected chi connectivity index (χ1v) is 3.83. The van der Waals surface area contributed by atoms with Crippen LogP contribution in [0.1, 0.15) is 0 Å². The number of aromatic nitrogens is 3. The van der Waals surface area contributed by atoms with Crippen LogP contribution in [0.2, 0.25) is 5.15 Å². The van der Waals surface area contributed by atoms with Gasteiger partial charge in [-0.2, -0.15) is 0 Å². The van der Waals surface area contributed by atoms with Gasteiger partial charge in [-0.25, -0.2) is 9.78 Å². The highest BCUT2D eigenvalue weighted by Gasteiger charge is 2.03. The van der Waals surface area contributed by atoms with E-state index in [0.29, 0.717) is 5.39 Å². The van der Waals surface area contributed by atoms with E-state index in [-0.39, 0.29) is 10.7 Å². The fourth-order valence-corrected chi connectivity index (χ4v) is 1.26. The van der Waals surface area contributed by atoms with Gasteiger partial charge in [-0.1, -0.05) is 11.6 Å². The first kappa shape index (κ1) is 8.00. The highest BCUT2D eigenvalue weighted by Crippen LogP contribution is 2.12. The van der Waals surface area contributed by atoms with Crippen molar-refractivity contribution in [1.82, 2.24) is 15.0 Å². The average Bonchev–Trinajstić information content (AvgIpc) is 2.07. The Morgan fingerprint density at radius 3 is 2.85 bits per heavy atom. The van der Waals surface area contributed by atoms with Crippen molar-refractivity contribution < 1.29 is 0 Å². The van der Waals surface area contributed by atoms with Gasteiger partial charge in [0.2, 0.25) is 0 Å². The molecule has 2 aromatic heterocycles. The molecule has 5 nitrogen and oxygen atoms in total. The number of pyridine rings is 1. The Hall–Kier alpha value is -1.62. The van der Waals surface area contributed by atoms with Crippen molar-refractivity contribution in [3.63, 3.8) is 0 Å². The second-order valence-corrected chi connectivity index (χ2v) is 2.79. The van der Waals surface area contributed by atoms with Crippen LogP contribution in [-0.4, -0.2) is 15.0 Å². The minimum absolute atomic E-state index is 0.112. The summed E-state index contributed by atoms with van der Waals surface area (Å²) in [5, 5.41) is 0.431. The van der Waals surface area contributed by atoms with Crippen LogP contribution in [-0.2, 0) is 0 Å². The van der Waals surface area contributed by atoms with Crippen molar-refractivity contribution in [2.24, 2.45) is 0 Å². The van der Waals surface area contributed by atoms with Gasteiger partial charge in [-0.15, -0.1) is 0 Å². The summed E-state index contributed by atoms with van der Waals surface area (Å²) in [5.74, 6) is 0. The number of halogens is 1. The zero-order valence-electron chi connectivity index (χ0n) is 6.30. The molecule has 0 aliphatic rings. The molecule has 0 saturated heterocycles. The van der Waals surface area contributed by atoms with Crippen LogP contribution < -0.4 is 11.2 Å². The number of fused-ring (bicyclic) bond motifs is 1. The molecule has 13 heavy (non-hydrogen) atoms. The second kappa shape index (κ2) is 2.70. The number of rotatable bonds is 0. The van der Waals surface area contributed by atoms with Gasteiger partial charge < -0.3 is 4.98 Å². The minimum Gasteiger partial charge on any atom is -0.304 e. The number of hydrogen-bond acceptors (Lipinski definition) is 3. The number of nitrogens with one attached hydrogen (secondary N) is 2. The predicted molar refractivity (Wildman–Crippen MR) is 48.0 cm³/mol. The molecule has 0 aromatic carbocycles. The lowest BCUT2D eigenvalue weighted by Gasteiger charge is -1.95. The molecule has 2 aromatic rings. The third-order valence-electron chi connectivity index (χ3n) is 1.61. The van der Waals surface area contributed by atoms with Gasteiger partial charge in [0.25, 0.3) is 5.56 Å². The summed E-state index contributed by atoms with van der Waals surface area (Å²) in [6.07, 6.45) is 1.40. The summed E-state index contributed by atoms with van der Waals surface area (Å²) in [7, 11) is 0. The van der Waals surface area contributed by atoms with E-state index in [1.165, 1.54) is 12.3 Å². The van der Waals surface area contributed by atoms with E-state index in [2.05, 4.69) is 15.0 Å². The molecule has 0 amide bonds. The maximum Gasteiger partial charge on any atom is 0.326 e.